The number of aryl methyl sites for hydroxylation is 1. The van der Waals surface area contributed by atoms with Crippen LogP contribution in [0.25, 0.3) is 0 Å². The first-order chi connectivity index (χ1) is 7.56. The van der Waals surface area contributed by atoms with Crippen LogP contribution in [0.5, 0.6) is 0 Å². The highest BCUT2D eigenvalue weighted by Gasteiger charge is 2.36. The van der Waals surface area contributed by atoms with Crippen LogP contribution in [0.3, 0.4) is 0 Å². The summed E-state index contributed by atoms with van der Waals surface area (Å²) in [5.41, 5.74) is 1.32. The molecule has 2 N–H and O–H groups in total. The van der Waals surface area contributed by atoms with E-state index in [1.54, 1.807) is 13.0 Å². The highest BCUT2D eigenvalue weighted by atomic mass is 19.1. The van der Waals surface area contributed by atoms with Crippen molar-refractivity contribution in [2.75, 3.05) is 5.32 Å². The molecule has 1 fully saturated rings. The Morgan fingerprint density at radius 1 is 1.50 bits per heavy atom. The van der Waals surface area contributed by atoms with Crippen LogP contribution in [0, 0.1) is 18.7 Å². The summed E-state index contributed by atoms with van der Waals surface area (Å²) in [7, 11) is 0. The zero-order valence-electron chi connectivity index (χ0n) is 9.03. The van der Waals surface area contributed by atoms with Crippen molar-refractivity contribution in [3.8, 4) is 0 Å². The molecule has 4 heteroatoms. The van der Waals surface area contributed by atoms with Gasteiger partial charge < -0.3 is 10.4 Å². The Bertz CT molecular complexity index is 395. The maximum absolute atomic E-state index is 13.1. The van der Waals surface area contributed by atoms with Gasteiger partial charge in [0.2, 0.25) is 0 Å². The predicted molar refractivity (Wildman–Crippen MR) is 58.9 cm³/mol. The second-order valence-electron chi connectivity index (χ2n) is 4.31. The third-order valence-corrected chi connectivity index (χ3v) is 2.72. The molecule has 1 aromatic carbocycles. The minimum absolute atomic E-state index is 0.182. The van der Waals surface area contributed by atoms with E-state index in [-0.39, 0.29) is 11.7 Å². The monoisotopic (exact) mass is 223 g/mol. The molecule has 0 radical (unpaired) electrons. The van der Waals surface area contributed by atoms with E-state index in [1.165, 1.54) is 12.1 Å². The topological polar surface area (TPSA) is 49.3 Å². The van der Waals surface area contributed by atoms with Crippen molar-refractivity contribution in [2.24, 2.45) is 5.92 Å². The highest BCUT2D eigenvalue weighted by Crippen LogP contribution is 2.34. The summed E-state index contributed by atoms with van der Waals surface area (Å²) < 4.78 is 13.1. The molecule has 1 aromatic rings. The lowest BCUT2D eigenvalue weighted by Crippen LogP contribution is -2.31. The molecule has 1 unspecified atom stereocenters. The molecule has 16 heavy (non-hydrogen) atoms. The summed E-state index contributed by atoms with van der Waals surface area (Å²) in [4.78, 5) is 11.0. The fourth-order valence-corrected chi connectivity index (χ4v) is 1.81. The van der Waals surface area contributed by atoms with Crippen molar-refractivity contribution in [1.82, 2.24) is 0 Å². The zero-order chi connectivity index (χ0) is 11.7. The van der Waals surface area contributed by atoms with Crippen LogP contribution in [0.4, 0.5) is 10.1 Å². The van der Waals surface area contributed by atoms with Crippen molar-refractivity contribution in [3.63, 3.8) is 0 Å². The van der Waals surface area contributed by atoms with Crippen LogP contribution in [-0.2, 0) is 4.79 Å². The summed E-state index contributed by atoms with van der Waals surface area (Å²) in [5.74, 6) is -1.03. The van der Waals surface area contributed by atoms with Gasteiger partial charge in [0.15, 0.2) is 0 Å². The summed E-state index contributed by atoms with van der Waals surface area (Å²) in [5, 5.41) is 11.9. The van der Waals surface area contributed by atoms with Gasteiger partial charge in [-0.1, -0.05) is 0 Å². The van der Waals surface area contributed by atoms with E-state index in [0.717, 1.165) is 18.4 Å². The van der Waals surface area contributed by atoms with Gasteiger partial charge in [0, 0.05) is 5.69 Å². The highest BCUT2D eigenvalue weighted by molar-refractivity contribution is 5.78. The van der Waals surface area contributed by atoms with E-state index >= 15 is 0 Å². The number of carbonyl (C=O) groups is 1. The first kappa shape index (κ1) is 10.9. The molecule has 3 nitrogen and oxygen atoms in total. The molecule has 86 valence electrons. The molecule has 0 aliphatic heterocycles. The molecule has 2 rings (SSSR count). The number of hydrogen-bond acceptors (Lipinski definition) is 2. The summed E-state index contributed by atoms with van der Waals surface area (Å²) in [6.45, 7) is 1.78. The Labute approximate surface area is 93.3 Å². The molecule has 0 bridgehead atoms. The third kappa shape index (κ3) is 2.51. The average Bonchev–Trinajstić information content (AvgIpc) is 2.95. The molecule has 0 saturated heterocycles. The lowest BCUT2D eigenvalue weighted by atomic mass is 10.1. The van der Waals surface area contributed by atoms with Gasteiger partial charge in [-0.2, -0.15) is 0 Å². The standard InChI is InChI=1S/C12H14FNO2/c1-7-4-9(13)6-10(5-7)14-11(12(15)16)8-2-3-8/h4-6,8,11,14H,2-3H2,1H3,(H,15,16). The lowest BCUT2D eigenvalue weighted by molar-refractivity contribution is -0.138. The van der Waals surface area contributed by atoms with Gasteiger partial charge in [-0.15, -0.1) is 0 Å². The Kier molecular flexibility index (Phi) is 2.81. The number of carboxylic acids is 1. The molecule has 1 aliphatic carbocycles. The van der Waals surface area contributed by atoms with Gasteiger partial charge >= 0.3 is 5.97 Å². The molecule has 1 aliphatic rings. The second kappa shape index (κ2) is 4.12. The van der Waals surface area contributed by atoms with Gasteiger partial charge in [0.1, 0.15) is 11.9 Å². The SMILES string of the molecule is Cc1cc(F)cc(NC(C(=O)O)C2CC2)c1. The Morgan fingerprint density at radius 2 is 2.19 bits per heavy atom. The van der Waals surface area contributed by atoms with Crippen LogP contribution in [0.1, 0.15) is 18.4 Å². The van der Waals surface area contributed by atoms with E-state index in [1.807, 2.05) is 0 Å². The number of aliphatic carboxylic acids is 1. The van der Waals surface area contributed by atoms with E-state index in [2.05, 4.69) is 5.32 Å². The molecular formula is C12H14FNO2. The molecule has 0 heterocycles. The van der Waals surface area contributed by atoms with Crippen molar-refractivity contribution < 1.29 is 14.3 Å². The average molecular weight is 223 g/mol. The second-order valence-corrected chi connectivity index (χ2v) is 4.31. The van der Waals surface area contributed by atoms with E-state index in [4.69, 9.17) is 5.11 Å². The number of nitrogens with one attached hydrogen (secondary N) is 1. The van der Waals surface area contributed by atoms with E-state index < -0.39 is 12.0 Å². The molecule has 1 saturated carbocycles. The van der Waals surface area contributed by atoms with Crippen LogP contribution in [-0.4, -0.2) is 17.1 Å². The molecule has 0 spiro atoms. The van der Waals surface area contributed by atoms with Crippen molar-refractivity contribution in [3.05, 3.63) is 29.6 Å². The van der Waals surface area contributed by atoms with Gasteiger partial charge in [0.25, 0.3) is 0 Å². The molecule has 0 aromatic heterocycles. The fourth-order valence-electron chi connectivity index (χ4n) is 1.81. The fraction of sp³-hybridized carbons (Fsp3) is 0.417. The number of benzene rings is 1. The van der Waals surface area contributed by atoms with Crippen LogP contribution >= 0.6 is 0 Å². The maximum atomic E-state index is 13.1. The summed E-state index contributed by atoms with van der Waals surface area (Å²) >= 11 is 0. The van der Waals surface area contributed by atoms with Crippen molar-refractivity contribution >= 4 is 11.7 Å². The Morgan fingerprint density at radius 3 is 2.69 bits per heavy atom. The molecule has 0 amide bonds. The summed E-state index contributed by atoms with van der Waals surface area (Å²) in [6, 6.07) is 3.89. The number of carboxylic acid groups (broad SMARTS) is 1. The first-order valence-electron chi connectivity index (χ1n) is 5.33. The quantitative estimate of drug-likeness (QED) is 0.824. The maximum Gasteiger partial charge on any atom is 0.326 e. The van der Waals surface area contributed by atoms with Gasteiger partial charge in [-0.05, 0) is 49.4 Å². The first-order valence-corrected chi connectivity index (χ1v) is 5.33. The third-order valence-electron chi connectivity index (χ3n) is 2.72. The minimum atomic E-state index is -0.871. The number of anilines is 1. The largest absolute Gasteiger partial charge is 0.480 e. The lowest BCUT2D eigenvalue weighted by Gasteiger charge is -2.15. The van der Waals surface area contributed by atoms with Crippen LogP contribution < -0.4 is 5.32 Å². The van der Waals surface area contributed by atoms with Gasteiger partial charge in [-0.3, -0.25) is 0 Å². The van der Waals surface area contributed by atoms with E-state index in [9.17, 15) is 9.18 Å². The molecular weight excluding hydrogens is 209 g/mol. The van der Waals surface area contributed by atoms with Crippen molar-refractivity contribution in [2.45, 2.75) is 25.8 Å². The van der Waals surface area contributed by atoms with Crippen molar-refractivity contribution in [1.29, 1.82) is 0 Å². The van der Waals surface area contributed by atoms with Gasteiger partial charge in [0.05, 0.1) is 0 Å². The normalized spacial score (nSPS) is 16.9. The summed E-state index contributed by atoms with van der Waals surface area (Å²) in [6.07, 6.45) is 1.86. The van der Waals surface area contributed by atoms with Crippen LogP contribution in [0.15, 0.2) is 18.2 Å². The number of rotatable bonds is 4. The smallest absolute Gasteiger partial charge is 0.326 e. The van der Waals surface area contributed by atoms with Crippen LogP contribution in [0.2, 0.25) is 0 Å². The minimum Gasteiger partial charge on any atom is -0.480 e. The van der Waals surface area contributed by atoms with Gasteiger partial charge in [-0.25, -0.2) is 9.18 Å². The predicted octanol–water partition coefficient (Wildman–Crippen LogP) is 2.41. The number of halogens is 1. The zero-order valence-corrected chi connectivity index (χ0v) is 9.03. The molecule has 1 atom stereocenters. The Hall–Kier alpha value is -1.58. The van der Waals surface area contributed by atoms with E-state index in [0.29, 0.717) is 5.69 Å². The number of hydrogen-bond donors (Lipinski definition) is 2. The Balaban J connectivity index is 2.14.